The van der Waals surface area contributed by atoms with Crippen LogP contribution in [0.5, 0.6) is 0 Å². The standard InChI is InChI=1S/C24H27N5O/c30-23(10-9-20-8-4-5-11-25-20)29-15-19-14-28(17-22-26-12-13-27-22)16-21(19)24(29)18-6-2-1-3-7-18/h1-8,11-13,19,21,24H,9-10,14-17H2,(H,26,27)/t19-,21-,24+/m0/s1. The molecule has 2 aromatic heterocycles. The van der Waals surface area contributed by atoms with Gasteiger partial charge in [-0.25, -0.2) is 4.98 Å². The Labute approximate surface area is 177 Å². The van der Waals surface area contributed by atoms with Gasteiger partial charge in [0.05, 0.1) is 12.6 Å². The first-order valence-electron chi connectivity index (χ1n) is 10.7. The number of benzene rings is 1. The average molecular weight is 402 g/mol. The first kappa shape index (κ1) is 19.0. The normalized spacial score (nSPS) is 23.6. The van der Waals surface area contributed by atoms with Crippen LogP contribution in [0.25, 0.3) is 0 Å². The van der Waals surface area contributed by atoms with E-state index in [2.05, 4.69) is 49.0 Å². The Bertz CT molecular complexity index is 960. The second kappa shape index (κ2) is 8.40. The predicted molar refractivity (Wildman–Crippen MR) is 114 cm³/mol. The molecule has 0 unspecified atom stereocenters. The van der Waals surface area contributed by atoms with E-state index < -0.39 is 0 Å². The summed E-state index contributed by atoms with van der Waals surface area (Å²) in [6.45, 7) is 3.68. The summed E-state index contributed by atoms with van der Waals surface area (Å²) in [7, 11) is 0. The molecule has 2 fully saturated rings. The van der Waals surface area contributed by atoms with Crippen molar-refractivity contribution in [2.24, 2.45) is 11.8 Å². The van der Waals surface area contributed by atoms with Crippen LogP contribution in [0.2, 0.25) is 0 Å². The van der Waals surface area contributed by atoms with Crippen LogP contribution in [0.4, 0.5) is 0 Å². The van der Waals surface area contributed by atoms with Crippen molar-refractivity contribution in [3.63, 3.8) is 0 Å². The predicted octanol–water partition coefficient (Wildman–Crippen LogP) is 3.07. The van der Waals surface area contributed by atoms with Crippen molar-refractivity contribution >= 4 is 5.91 Å². The Morgan fingerprint density at radius 1 is 1.00 bits per heavy atom. The highest BCUT2D eigenvalue weighted by Gasteiger charge is 2.48. The fourth-order valence-corrected chi connectivity index (χ4v) is 5.12. The number of nitrogens with one attached hydrogen (secondary N) is 1. The monoisotopic (exact) mass is 401 g/mol. The van der Waals surface area contributed by atoms with Crippen molar-refractivity contribution in [2.75, 3.05) is 19.6 Å². The molecule has 1 N–H and O–H groups in total. The number of likely N-dealkylation sites (tertiary alicyclic amines) is 2. The van der Waals surface area contributed by atoms with Crippen LogP contribution in [0.3, 0.4) is 0 Å². The molecule has 4 heterocycles. The maximum absolute atomic E-state index is 13.2. The minimum atomic E-state index is 0.147. The average Bonchev–Trinajstić information content (AvgIpc) is 3.50. The molecule has 2 aliphatic rings. The molecule has 2 saturated heterocycles. The van der Waals surface area contributed by atoms with Gasteiger partial charge < -0.3 is 9.88 Å². The summed E-state index contributed by atoms with van der Waals surface area (Å²) in [5, 5.41) is 0. The van der Waals surface area contributed by atoms with Crippen LogP contribution in [0.15, 0.2) is 67.1 Å². The van der Waals surface area contributed by atoms with Crippen molar-refractivity contribution in [1.29, 1.82) is 0 Å². The molecule has 0 radical (unpaired) electrons. The molecule has 0 bridgehead atoms. The zero-order chi connectivity index (χ0) is 20.3. The highest BCUT2D eigenvalue weighted by Crippen LogP contribution is 2.45. The second-order valence-electron chi connectivity index (χ2n) is 8.38. The minimum absolute atomic E-state index is 0.147. The number of nitrogens with zero attached hydrogens (tertiary/aromatic N) is 4. The SMILES string of the molecule is O=C(CCc1ccccn1)N1C[C@@H]2CN(Cc3ncc[nH]3)C[C@@H]2[C@H]1c1ccccc1. The first-order chi connectivity index (χ1) is 14.8. The van der Waals surface area contributed by atoms with Gasteiger partial charge in [-0.05, 0) is 30.0 Å². The van der Waals surface area contributed by atoms with Crippen molar-refractivity contribution in [1.82, 2.24) is 24.8 Å². The van der Waals surface area contributed by atoms with Gasteiger partial charge in [-0.1, -0.05) is 36.4 Å². The van der Waals surface area contributed by atoms with Gasteiger partial charge in [0, 0.05) is 56.3 Å². The zero-order valence-electron chi connectivity index (χ0n) is 17.0. The maximum atomic E-state index is 13.2. The number of carbonyl (C=O) groups is 1. The first-order valence-corrected chi connectivity index (χ1v) is 10.7. The highest BCUT2D eigenvalue weighted by molar-refractivity contribution is 5.77. The number of hydrogen-bond acceptors (Lipinski definition) is 4. The largest absolute Gasteiger partial charge is 0.348 e. The Kier molecular flexibility index (Phi) is 5.32. The molecule has 0 aliphatic carbocycles. The van der Waals surface area contributed by atoms with E-state index in [1.54, 1.807) is 12.4 Å². The summed E-state index contributed by atoms with van der Waals surface area (Å²) in [5.74, 6) is 2.21. The number of aryl methyl sites for hydroxylation is 1. The van der Waals surface area contributed by atoms with Gasteiger partial charge in [-0.2, -0.15) is 0 Å². The number of hydrogen-bond donors (Lipinski definition) is 1. The maximum Gasteiger partial charge on any atom is 0.223 e. The van der Waals surface area contributed by atoms with Gasteiger partial charge in [0.25, 0.3) is 0 Å². The van der Waals surface area contributed by atoms with Crippen molar-refractivity contribution < 1.29 is 4.79 Å². The Morgan fingerprint density at radius 3 is 2.63 bits per heavy atom. The Hall–Kier alpha value is -2.99. The van der Waals surface area contributed by atoms with E-state index >= 15 is 0 Å². The van der Waals surface area contributed by atoms with E-state index in [1.807, 2.05) is 30.5 Å². The fourth-order valence-electron chi connectivity index (χ4n) is 5.12. The lowest BCUT2D eigenvalue weighted by Gasteiger charge is -2.30. The fraction of sp³-hybridized carbons (Fsp3) is 0.375. The quantitative estimate of drug-likeness (QED) is 0.689. The Balaban J connectivity index is 1.32. The van der Waals surface area contributed by atoms with Crippen LogP contribution < -0.4 is 0 Å². The molecule has 30 heavy (non-hydrogen) atoms. The third-order valence-electron chi connectivity index (χ3n) is 6.45. The van der Waals surface area contributed by atoms with Crippen molar-refractivity contribution in [3.8, 4) is 0 Å². The van der Waals surface area contributed by atoms with E-state index in [4.69, 9.17) is 0 Å². The lowest BCUT2D eigenvalue weighted by atomic mass is 9.89. The second-order valence-corrected chi connectivity index (χ2v) is 8.38. The lowest BCUT2D eigenvalue weighted by Crippen LogP contribution is -2.35. The summed E-state index contributed by atoms with van der Waals surface area (Å²) in [5.41, 5.74) is 2.22. The highest BCUT2D eigenvalue weighted by atomic mass is 16.2. The molecule has 0 spiro atoms. The van der Waals surface area contributed by atoms with Gasteiger partial charge in [-0.3, -0.25) is 14.7 Å². The number of carbonyl (C=O) groups excluding carboxylic acids is 1. The molecule has 0 saturated carbocycles. The molecule has 6 nitrogen and oxygen atoms in total. The number of aromatic amines is 1. The zero-order valence-corrected chi connectivity index (χ0v) is 17.0. The smallest absolute Gasteiger partial charge is 0.223 e. The lowest BCUT2D eigenvalue weighted by molar-refractivity contribution is -0.132. The van der Waals surface area contributed by atoms with Crippen molar-refractivity contribution in [2.45, 2.75) is 25.4 Å². The van der Waals surface area contributed by atoms with Crippen LogP contribution in [-0.4, -0.2) is 50.3 Å². The van der Waals surface area contributed by atoms with E-state index in [-0.39, 0.29) is 11.9 Å². The van der Waals surface area contributed by atoms with Crippen LogP contribution in [0, 0.1) is 11.8 Å². The molecule has 3 aromatic rings. The summed E-state index contributed by atoms with van der Waals surface area (Å²) in [6.07, 6.45) is 6.68. The third kappa shape index (κ3) is 3.87. The molecular weight excluding hydrogens is 374 g/mol. The van der Waals surface area contributed by atoms with E-state index in [0.717, 1.165) is 37.7 Å². The topological polar surface area (TPSA) is 65.1 Å². The van der Waals surface area contributed by atoms with Gasteiger partial charge >= 0.3 is 0 Å². The van der Waals surface area contributed by atoms with Gasteiger partial charge in [0.15, 0.2) is 0 Å². The summed E-state index contributed by atoms with van der Waals surface area (Å²) in [4.78, 5) is 29.8. The third-order valence-corrected chi connectivity index (χ3v) is 6.45. The number of pyridine rings is 1. The van der Waals surface area contributed by atoms with E-state index in [0.29, 0.717) is 24.7 Å². The van der Waals surface area contributed by atoms with Crippen LogP contribution >= 0.6 is 0 Å². The molecule has 2 aliphatic heterocycles. The number of aromatic nitrogens is 3. The van der Waals surface area contributed by atoms with Gasteiger partial charge in [-0.15, -0.1) is 0 Å². The number of imidazole rings is 1. The van der Waals surface area contributed by atoms with E-state index in [9.17, 15) is 4.79 Å². The molecule has 3 atom stereocenters. The molecular formula is C24H27N5O. The Morgan fingerprint density at radius 2 is 1.87 bits per heavy atom. The van der Waals surface area contributed by atoms with E-state index in [1.165, 1.54) is 5.56 Å². The molecule has 154 valence electrons. The van der Waals surface area contributed by atoms with Crippen LogP contribution in [0.1, 0.15) is 29.5 Å². The van der Waals surface area contributed by atoms with Crippen molar-refractivity contribution in [3.05, 3.63) is 84.2 Å². The summed E-state index contributed by atoms with van der Waals surface area (Å²) >= 11 is 0. The number of rotatable bonds is 6. The minimum Gasteiger partial charge on any atom is -0.348 e. The number of H-pyrrole nitrogens is 1. The number of amides is 1. The molecule has 5 rings (SSSR count). The van der Waals surface area contributed by atoms with Crippen LogP contribution in [-0.2, 0) is 17.8 Å². The molecule has 6 heteroatoms. The van der Waals surface area contributed by atoms with Gasteiger partial charge in [0.1, 0.15) is 5.82 Å². The molecule has 1 aromatic carbocycles. The molecule has 1 amide bonds. The summed E-state index contributed by atoms with van der Waals surface area (Å²) in [6, 6.07) is 16.6. The summed E-state index contributed by atoms with van der Waals surface area (Å²) < 4.78 is 0. The van der Waals surface area contributed by atoms with Gasteiger partial charge in [0.2, 0.25) is 5.91 Å². The number of fused-ring (bicyclic) bond motifs is 1.